The molecule has 0 aromatic heterocycles. The summed E-state index contributed by atoms with van der Waals surface area (Å²) in [7, 11) is 0. The van der Waals surface area contributed by atoms with E-state index < -0.39 is 6.36 Å². The molecule has 49 heavy (non-hydrogen) atoms. The van der Waals surface area contributed by atoms with Gasteiger partial charge in [0.05, 0.1) is 0 Å². The molecule has 4 aliphatic carbocycles. The smallest absolute Gasteiger partial charge is 0.405 e. The van der Waals surface area contributed by atoms with Crippen molar-refractivity contribution >= 4 is 11.8 Å². The Bertz CT molecular complexity index is 1510. The molecule has 6 fully saturated rings. The van der Waals surface area contributed by atoms with Crippen molar-refractivity contribution in [2.75, 3.05) is 32.7 Å². The molecule has 2 heterocycles. The summed E-state index contributed by atoms with van der Waals surface area (Å²) in [6, 6.07) is 13.0. The monoisotopic (exact) mass is 677 g/mol. The lowest BCUT2D eigenvalue weighted by Gasteiger charge is -2.42. The Hall–Kier alpha value is -3.07. The van der Waals surface area contributed by atoms with E-state index in [2.05, 4.69) is 9.64 Å². The molecular formula is C40H50F3N3O3. The second kappa shape index (κ2) is 13.6. The fraction of sp³-hybridized carbons (Fsp3) is 0.650. The van der Waals surface area contributed by atoms with Crippen molar-refractivity contribution in [3.05, 3.63) is 53.6 Å². The van der Waals surface area contributed by atoms with Gasteiger partial charge in [-0.05, 0) is 123 Å². The molecule has 0 spiro atoms. The van der Waals surface area contributed by atoms with Crippen molar-refractivity contribution in [2.45, 2.75) is 102 Å². The van der Waals surface area contributed by atoms with Crippen LogP contribution in [0.25, 0.3) is 11.1 Å². The van der Waals surface area contributed by atoms with Gasteiger partial charge in [0.25, 0.3) is 5.91 Å². The van der Waals surface area contributed by atoms with Crippen molar-refractivity contribution in [3.8, 4) is 16.9 Å². The molecule has 264 valence electrons. The molecule has 4 saturated carbocycles. The van der Waals surface area contributed by atoms with Gasteiger partial charge in [-0.25, -0.2) is 0 Å². The number of hydrogen-bond acceptors (Lipinski definition) is 4. The Morgan fingerprint density at radius 3 is 2.27 bits per heavy atom. The van der Waals surface area contributed by atoms with Crippen LogP contribution in [0, 0.1) is 29.6 Å². The molecule has 0 radical (unpaired) electrons. The summed E-state index contributed by atoms with van der Waals surface area (Å²) < 4.78 is 45.2. The first-order chi connectivity index (χ1) is 23.7. The van der Waals surface area contributed by atoms with E-state index in [1.165, 1.54) is 51.0 Å². The predicted octanol–water partition coefficient (Wildman–Crippen LogP) is 7.95. The van der Waals surface area contributed by atoms with Crippen LogP contribution in [0.3, 0.4) is 0 Å². The molecule has 0 N–H and O–H groups in total. The predicted molar refractivity (Wildman–Crippen MR) is 182 cm³/mol. The lowest BCUT2D eigenvalue weighted by atomic mass is 9.80. The highest BCUT2D eigenvalue weighted by Gasteiger charge is 2.48. The van der Waals surface area contributed by atoms with E-state index in [1.54, 1.807) is 36.4 Å². The highest BCUT2D eigenvalue weighted by Crippen LogP contribution is 2.54. The minimum absolute atomic E-state index is 0.00648. The lowest BCUT2D eigenvalue weighted by Crippen LogP contribution is -2.53. The Kier molecular flexibility index (Phi) is 9.17. The maximum atomic E-state index is 13.5. The number of likely N-dealkylation sites (tertiary alicyclic amines) is 1. The van der Waals surface area contributed by atoms with Crippen molar-refractivity contribution in [3.63, 3.8) is 0 Å². The third kappa shape index (κ3) is 6.98. The zero-order chi connectivity index (χ0) is 33.7. The molecule has 2 saturated heterocycles. The highest BCUT2D eigenvalue weighted by molar-refractivity contribution is 5.94. The number of nitrogens with zero attached hydrogens (tertiary/aromatic N) is 3. The van der Waals surface area contributed by atoms with Gasteiger partial charge in [0.2, 0.25) is 5.91 Å². The van der Waals surface area contributed by atoms with Gasteiger partial charge < -0.3 is 14.5 Å². The average Bonchev–Trinajstić information content (AvgIpc) is 3.57. The number of rotatable bonds is 7. The van der Waals surface area contributed by atoms with E-state index >= 15 is 0 Å². The van der Waals surface area contributed by atoms with Gasteiger partial charge in [0, 0.05) is 56.3 Å². The van der Waals surface area contributed by atoms with Crippen LogP contribution in [0.1, 0.15) is 93.0 Å². The number of fused-ring (bicyclic) bond motifs is 2. The number of ether oxygens (including phenoxy) is 1. The summed E-state index contributed by atoms with van der Waals surface area (Å²) in [5.41, 5.74) is 2.26. The van der Waals surface area contributed by atoms with Gasteiger partial charge >= 0.3 is 6.36 Å². The first-order valence-electron chi connectivity index (χ1n) is 19.0. The molecule has 6 unspecified atom stereocenters. The Morgan fingerprint density at radius 1 is 0.776 bits per heavy atom. The Balaban J connectivity index is 0.911. The molecule has 2 amide bonds. The van der Waals surface area contributed by atoms with Gasteiger partial charge in [0.15, 0.2) is 0 Å². The SMILES string of the molecule is O=C(c1ccc(-c2ccc(CC3CCN(C4CCCCC4)C3=O)c(OC(F)(F)F)c2)cc1)N1CCN(C2CCC3CC4CC(C3)C2C4)CC1. The highest BCUT2D eigenvalue weighted by atomic mass is 19.4. The van der Waals surface area contributed by atoms with Gasteiger partial charge in [-0.2, -0.15) is 0 Å². The van der Waals surface area contributed by atoms with E-state index in [0.717, 1.165) is 75.5 Å². The molecule has 2 aromatic rings. The molecule has 2 aliphatic heterocycles. The Labute approximate surface area is 288 Å². The minimum Gasteiger partial charge on any atom is -0.405 e. The maximum Gasteiger partial charge on any atom is 0.573 e. The molecule has 3 bridgehead atoms. The number of amides is 2. The number of hydrogen-bond donors (Lipinski definition) is 0. The topological polar surface area (TPSA) is 53.1 Å². The molecule has 6 nitrogen and oxygen atoms in total. The fourth-order valence-corrected chi connectivity index (χ4v) is 10.9. The molecule has 6 atom stereocenters. The maximum absolute atomic E-state index is 13.5. The standard InChI is InChI=1S/C40H50F3N3O3/c41-40(42,43)49-37-25-30(11-12-31(37)24-32-14-15-46(39(32)48)34-4-2-1-3-5-34)28-7-9-29(10-8-28)38(47)45-18-16-44(17-19-45)36-13-6-26-20-27-22-33(21-26)35(36)23-27/h7-12,25-27,32-36H,1-6,13-24H2. The van der Waals surface area contributed by atoms with Crippen LogP contribution in [0.2, 0.25) is 0 Å². The van der Waals surface area contributed by atoms with E-state index in [9.17, 15) is 22.8 Å². The summed E-state index contributed by atoms with van der Waals surface area (Å²) in [6.07, 6.45) is 9.90. The zero-order valence-electron chi connectivity index (χ0n) is 28.5. The van der Waals surface area contributed by atoms with Gasteiger partial charge in [-0.1, -0.05) is 43.5 Å². The first kappa shape index (κ1) is 33.1. The van der Waals surface area contributed by atoms with Crippen molar-refractivity contribution in [2.24, 2.45) is 29.6 Å². The Morgan fingerprint density at radius 2 is 1.51 bits per heavy atom. The second-order valence-electron chi connectivity index (χ2n) is 16.0. The normalized spacial score (nSPS) is 31.0. The van der Waals surface area contributed by atoms with E-state index in [1.807, 2.05) is 9.80 Å². The van der Waals surface area contributed by atoms with Crippen molar-refractivity contribution < 1.29 is 27.5 Å². The number of piperazine rings is 1. The van der Waals surface area contributed by atoms with Crippen LogP contribution in [0.5, 0.6) is 5.75 Å². The zero-order valence-corrected chi connectivity index (χ0v) is 28.5. The van der Waals surface area contributed by atoms with Gasteiger partial charge in [0.1, 0.15) is 5.75 Å². The van der Waals surface area contributed by atoms with Gasteiger partial charge in [-0.3, -0.25) is 14.5 Å². The third-order valence-corrected chi connectivity index (χ3v) is 13.2. The van der Waals surface area contributed by atoms with Crippen molar-refractivity contribution in [1.82, 2.24) is 14.7 Å². The van der Waals surface area contributed by atoms with E-state index in [0.29, 0.717) is 41.3 Å². The molecule has 2 aromatic carbocycles. The number of carbonyl (C=O) groups excluding carboxylic acids is 2. The van der Waals surface area contributed by atoms with Crippen LogP contribution in [0.15, 0.2) is 42.5 Å². The van der Waals surface area contributed by atoms with Gasteiger partial charge in [-0.15, -0.1) is 13.2 Å². The summed E-state index contributed by atoms with van der Waals surface area (Å²) in [5.74, 6) is 3.09. The lowest BCUT2D eigenvalue weighted by molar-refractivity contribution is -0.274. The fourth-order valence-electron chi connectivity index (χ4n) is 10.9. The molecule has 6 aliphatic rings. The molecular weight excluding hydrogens is 627 g/mol. The van der Waals surface area contributed by atoms with Crippen LogP contribution >= 0.6 is 0 Å². The summed E-state index contributed by atoms with van der Waals surface area (Å²) in [4.78, 5) is 33.4. The first-order valence-corrected chi connectivity index (χ1v) is 19.0. The number of benzene rings is 2. The largest absolute Gasteiger partial charge is 0.573 e. The van der Waals surface area contributed by atoms with E-state index in [-0.39, 0.29) is 35.9 Å². The number of alkyl halides is 3. The third-order valence-electron chi connectivity index (χ3n) is 13.2. The minimum atomic E-state index is -4.85. The van der Waals surface area contributed by atoms with Crippen LogP contribution in [-0.2, 0) is 11.2 Å². The summed E-state index contributed by atoms with van der Waals surface area (Å²) in [6.45, 7) is 3.97. The van der Waals surface area contributed by atoms with Crippen molar-refractivity contribution in [1.29, 1.82) is 0 Å². The second-order valence-corrected chi connectivity index (χ2v) is 16.0. The number of carbonyl (C=O) groups is 2. The summed E-state index contributed by atoms with van der Waals surface area (Å²) in [5, 5.41) is 0. The quantitative estimate of drug-likeness (QED) is 0.299. The number of halogens is 3. The van der Waals surface area contributed by atoms with Crippen LogP contribution in [-0.4, -0.2) is 77.7 Å². The molecule has 8 rings (SSSR count). The van der Waals surface area contributed by atoms with E-state index in [4.69, 9.17) is 0 Å². The molecule has 9 heteroatoms. The summed E-state index contributed by atoms with van der Waals surface area (Å²) >= 11 is 0. The van der Waals surface area contributed by atoms with Crippen LogP contribution < -0.4 is 4.74 Å². The average molecular weight is 678 g/mol. The van der Waals surface area contributed by atoms with Crippen LogP contribution in [0.4, 0.5) is 13.2 Å².